The Hall–Kier alpha value is -3.63. The van der Waals surface area contributed by atoms with Crippen LogP contribution in [0, 0.1) is 46.3 Å². The molecule has 0 spiro atoms. The predicted octanol–water partition coefficient (Wildman–Crippen LogP) is 7.86. The van der Waals surface area contributed by atoms with E-state index < -0.39 is 74.4 Å². The van der Waals surface area contributed by atoms with E-state index in [1.54, 1.807) is 0 Å². The number of alkyl carbamates (subject to hydrolysis) is 1. The fourth-order valence-corrected chi connectivity index (χ4v) is 14.7. The van der Waals surface area contributed by atoms with E-state index in [4.69, 9.17) is 14.5 Å². The standard InChI is InChI=1S/C55H97N6O15PS2/c1-37(2)13-11-14-38(3)41-17-18-43-40-16-12-15-39(23-28-54(4,5)42(40)24-29-55(41,43)6)76-53(71)59-32-25-46(62)57-31-26-48(64)60-45(20-22-50(67)68)52(70)61-44(19-21-49(65)66)51(69)58-33-36-79-78-35-27-47(63)56-30-9-7-8-10-34-75-77(72,73)74/h37-45H,7-36H2,1-6H3,(H,56,63)(H,57,62)(H,58,69)(H,59,71)(H,60,64)(H,61,70)(H,65,66)(H,67,68)(H2,72,73,74)/t38-,39?,40+,41?,42?,43+,44+,45+,55?/m1/s1. The third-order valence-electron chi connectivity index (χ3n) is 16.6. The van der Waals surface area contributed by atoms with Crippen LogP contribution in [0.25, 0.3) is 0 Å². The third-order valence-corrected chi connectivity index (χ3v) is 19.5. The first-order valence-electron chi connectivity index (χ1n) is 29.0. The third kappa shape index (κ3) is 27.3. The van der Waals surface area contributed by atoms with Crippen LogP contribution in [0.1, 0.15) is 189 Å². The van der Waals surface area contributed by atoms with Crippen molar-refractivity contribution >= 4 is 77.0 Å². The molecule has 0 aromatic carbocycles. The number of fused-ring (bicyclic) bond motifs is 3. The van der Waals surface area contributed by atoms with Gasteiger partial charge in [0.15, 0.2) is 0 Å². The van der Waals surface area contributed by atoms with Crippen molar-refractivity contribution in [2.75, 3.05) is 44.3 Å². The summed E-state index contributed by atoms with van der Waals surface area (Å²) < 4.78 is 21.1. The maximum atomic E-state index is 13.4. The molecule has 454 valence electrons. The molecule has 3 aliphatic carbocycles. The van der Waals surface area contributed by atoms with E-state index in [0.29, 0.717) is 54.6 Å². The number of rotatable bonds is 37. The highest BCUT2D eigenvalue weighted by Gasteiger charge is 2.56. The van der Waals surface area contributed by atoms with Gasteiger partial charge in [0, 0.05) is 69.8 Å². The first-order valence-corrected chi connectivity index (χ1v) is 33.1. The van der Waals surface area contributed by atoms with Crippen molar-refractivity contribution in [1.82, 2.24) is 31.9 Å². The number of carboxylic acid groups (broad SMARTS) is 2. The number of hydrogen-bond donors (Lipinski definition) is 10. The average molecular weight is 1180 g/mol. The molecule has 0 radical (unpaired) electrons. The summed E-state index contributed by atoms with van der Waals surface area (Å²) in [5.74, 6) is -0.0242. The summed E-state index contributed by atoms with van der Waals surface area (Å²) in [6.07, 6.45) is 14.1. The molecule has 9 atom stereocenters. The second-order valence-corrected chi connectivity index (χ2v) is 27.4. The van der Waals surface area contributed by atoms with Gasteiger partial charge in [0.1, 0.15) is 18.2 Å². The van der Waals surface area contributed by atoms with E-state index in [0.717, 1.165) is 62.2 Å². The molecule has 0 bridgehead atoms. The summed E-state index contributed by atoms with van der Waals surface area (Å²) in [4.78, 5) is 118. The van der Waals surface area contributed by atoms with Crippen LogP contribution in [0.3, 0.4) is 0 Å². The Kier molecular flexibility index (Phi) is 31.8. The number of hydrogen-bond acceptors (Lipinski definition) is 13. The SMILES string of the molecule is CC(C)CCC[C@@H](C)C1CC[C@H]2[C@H]3CCCC(OC(=O)NCCC(=O)NCCC(=O)N[C@@H](CCC(=O)O)C(=O)N[C@@H](CCC(=O)O)C(=O)NCCSSCCC(=O)NCCCCCCOP(=O)(O)O)CCC(C)(C)C3CCC12C. The largest absolute Gasteiger partial charge is 0.481 e. The number of nitrogens with one attached hydrogen (secondary N) is 6. The molecule has 3 rings (SSSR count). The van der Waals surface area contributed by atoms with Gasteiger partial charge in [-0.1, -0.05) is 95.2 Å². The van der Waals surface area contributed by atoms with Crippen LogP contribution < -0.4 is 31.9 Å². The summed E-state index contributed by atoms with van der Waals surface area (Å²) in [5, 5.41) is 34.4. The van der Waals surface area contributed by atoms with Gasteiger partial charge in [0.25, 0.3) is 0 Å². The second-order valence-electron chi connectivity index (χ2n) is 23.5. The van der Waals surface area contributed by atoms with Crippen molar-refractivity contribution in [3.8, 4) is 0 Å². The Morgan fingerprint density at radius 2 is 1.23 bits per heavy atom. The highest BCUT2D eigenvalue weighted by molar-refractivity contribution is 8.76. The molecular weight excluding hydrogens is 1080 g/mol. The number of ether oxygens (including phenoxy) is 1. The van der Waals surface area contributed by atoms with Gasteiger partial charge < -0.3 is 56.6 Å². The average Bonchev–Trinajstić information content (AvgIpc) is 3.88. The Balaban J connectivity index is 1.37. The van der Waals surface area contributed by atoms with Crippen molar-refractivity contribution < 1.29 is 72.2 Å². The molecule has 0 saturated heterocycles. The maximum absolute atomic E-state index is 13.4. The molecule has 21 nitrogen and oxygen atoms in total. The number of aliphatic carboxylic acids is 2. The Bertz CT molecular complexity index is 2000. The Morgan fingerprint density at radius 3 is 1.91 bits per heavy atom. The van der Waals surface area contributed by atoms with Gasteiger partial charge in [-0.3, -0.25) is 38.1 Å². The van der Waals surface area contributed by atoms with Gasteiger partial charge in [-0.25, -0.2) is 9.36 Å². The number of carbonyl (C=O) groups is 8. The normalized spacial score (nSPS) is 23.0. The maximum Gasteiger partial charge on any atom is 0.469 e. The molecule has 0 heterocycles. The van der Waals surface area contributed by atoms with Gasteiger partial charge in [-0.2, -0.15) is 0 Å². The number of amides is 6. The summed E-state index contributed by atoms with van der Waals surface area (Å²) in [5.41, 5.74) is 0.514. The van der Waals surface area contributed by atoms with Gasteiger partial charge in [0.2, 0.25) is 29.5 Å². The molecule has 4 unspecified atom stereocenters. The fourth-order valence-electron chi connectivity index (χ4n) is 12.4. The number of phosphoric ester groups is 1. The predicted molar refractivity (Wildman–Crippen MR) is 305 cm³/mol. The fraction of sp³-hybridized carbons (Fsp3) is 0.855. The minimum absolute atomic E-state index is 0.0135. The zero-order chi connectivity index (χ0) is 58.6. The van der Waals surface area contributed by atoms with E-state index >= 15 is 0 Å². The van der Waals surface area contributed by atoms with Crippen molar-refractivity contribution in [2.45, 2.75) is 207 Å². The van der Waals surface area contributed by atoms with Crippen LogP contribution in [-0.2, 0) is 47.4 Å². The zero-order valence-electron chi connectivity index (χ0n) is 48.0. The molecule has 24 heteroatoms. The van der Waals surface area contributed by atoms with Crippen molar-refractivity contribution in [3.63, 3.8) is 0 Å². The van der Waals surface area contributed by atoms with Crippen LogP contribution in [0.5, 0.6) is 0 Å². The lowest BCUT2D eigenvalue weighted by molar-refractivity contribution is -0.139. The smallest absolute Gasteiger partial charge is 0.469 e. The molecule has 0 aliphatic heterocycles. The molecule has 10 N–H and O–H groups in total. The minimum atomic E-state index is -4.46. The number of carboxylic acids is 2. The van der Waals surface area contributed by atoms with Crippen LogP contribution in [-0.4, -0.2) is 130 Å². The molecule has 79 heavy (non-hydrogen) atoms. The summed E-state index contributed by atoms with van der Waals surface area (Å²) in [6, 6.07) is -2.71. The van der Waals surface area contributed by atoms with Gasteiger partial charge in [0.05, 0.1) is 6.61 Å². The van der Waals surface area contributed by atoms with Gasteiger partial charge in [-0.05, 0) is 130 Å². The molecule has 0 aromatic rings. The monoisotopic (exact) mass is 1180 g/mol. The molecule has 0 aromatic heterocycles. The molecule has 3 fully saturated rings. The number of unbranched alkanes of at least 4 members (excludes halogenated alkanes) is 3. The molecule has 3 aliphatic rings. The number of phosphoric acid groups is 1. The Morgan fingerprint density at radius 1 is 0.595 bits per heavy atom. The van der Waals surface area contributed by atoms with Crippen LogP contribution in [0.2, 0.25) is 0 Å². The van der Waals surface area contributed by atoms with Crippen molar-refractivity contribution in [1.29, 1.82) is 0 Å². The van der Waals surface area contributed by atoms with E-state index in [-0.39, 0.29) is 75.8 Å². The summed E-state index contributed by atoms with van der Waals surface area (Å²) >= 11 is 0. The second kappa shape index (κ2) is 36.1. The highest BCUT2D eigenvalue weighted by Crippen LogP contribution is 2.64. The van der Waals surface area contributed by atoms with Crippen molar-refractivity contribution in [3.05, 3.63) is 0 Å². The Labute approximate surface area is 477 Å². The first-order chi connectivity index (χ1) is 37.3. The molecule has 3 saturated carbocycles. The van der Waals surface area contributed by atoms with E-state index in [1.165, 1.54) is 66.5 Å². The summed E-state index contributed by atoms with van der Waals surface area (Å²) in [7, 11) is -1.66. The lowest BCUT2D eigenvalue weighted by Crippen LogP contribution is -2.54. The highest BCUT2D eigenvalue weighted by atomic mass is 33.1. The molecular formula is C55H97N6O15PS2. The van der Waals surface area contributed by atoms with Gasteiger partial charge >= 0.3 is 25.9 Å². The first kappa shape index (κ1) is 69.6. The zero-order valence-corrected chi connectivity index (χ0v) is 50.5. The lowest BCUT2D eigenvalue weighted by atomic mass is 9.51. The van der Waals surface area contributed by atoms with E-state index in [2.05, 4.69) is 78.0 Å². The quantitative estimate of drug-likeness (QED) is 0.0161. The van der Waals surface area contributed by atoms with Crippen LogP contribution in [0.4, 0.5) is 4.79 Å². The molecule has 6 amide bonds. The van der Waals surface area contributed by atoms with E-state index in [1.807, 2.05) is 0 Å². The minimum Gasteiger partial charge on any atom is -0.481 e. The van der Waals surface area contributed by atoms with Crippen molar-refractivity contribution in [2.24, 2.45) is 46.3 Å². The lowest BCUT2D eigenvalue weighted by Gasteiger charge is -2.54. The topological polar surface area (TPSA) is 325 Å². The van der Waals surface area contributed by atoms with Gasteiger partial charge in [-0.15, -0.1) is 0 Å². The summed E-state index contributed by atoms with van der Waals surface area (Å²) in [6.45, 7) is 15.0. The number of carbonyl (C=O) groups excluding carboxylic acids is 6. The van der Waals surface area contributed by atoms with E-state index in [9.17, 15) is 53.1 Å². The van der Waals surface area contributed by atoms with Crippen LogP contribution in [0.15, 0.2) is 0 Å². The van der Waals surface area contributed by atoms with Crippen LogP contribution >= 0.6 is 29.4 Å².